The first-order valence-electron chi connectivity index (χ1n) is 17.6. The first-order valence-corrected chi connectivity index (χ1v) is 25.6. The molecule has 48 heavy (non-hydrogen) atoms. The third kappa shape index (κ3) is 11.9. The van der Waals surface area contributed by atoms with Crippen molar-refractivity contribution in [1.29, 1.82) is 0 Å². The lowest BCUT2D eigenvalue weighted by atomic mass is 9.95. The lowest BCUT2D eigenvalue weighted by Gasteiger charge is -2.39. The molecule has 2 aromatic carbocycles. The highest BCUT2D eigenvalue weighted by Crippen LogP contribution is 2.43. The molecule has 0 bridgehead atoms. The Morgan fingerprint density at radius 2 is 1.62 bits per heavy atom. The number of ether oxygens (including phenoxy) is 1. The summed E-state index contributed by atoms with van der Waals surface area (Å²) in [5, 5.41) is 2.65. The Morgan fingerprint density at radius 3 is 2.27 bits per heavy atom. The monoisotopic (exact) mass is 730 g/mol. The van der Waals surface area contributed by atoms with E-state index in [-0.39, 0.29) is 39.2 Å². The van der Waals surface area contributed by atoms with Gasteiger partial charge in [-0.1, -0.05) is 96.2 Å². The van der Waals surface area contributed by atoms with E-state index in [1.807, 2.05) is 0 Å². The van der Waals surface area contributed by atoms with Gasteiger partial charge in [0.2, 0.25) is 0 Å². The van der Waals surface area contributed by atoms with E-state index < -0.39 is 16.6 Å². The summed E-state index contributed by atoms with van der Waals surface area (Å²) in [6.45, 7) is 23.6. The third-order valence-electron chi connectivity index (χ3n) is 10.6. The summed E-state index contributed by atoms with van der Waals surface area (Å²) in [5.41, 5.74) is 1.32. The molecule has 0 spiro atoms. The summed E-state index contributed by atoms with van der Waals surface area (Å²) in [4.78, 5) is 25.1. The summed E-state index contributed by atoms with van der Waals surface area (Å²) >= 11 is 3.38. The number of allylic oxidation sites excluding steroid dienone is 1. The quantitative estimate of drug-likeness (QED) is 0.0695. The van der Waals surface area contributed by atoms with Crippen molar-refractivity contribution in [2.24, 2.45) is 11.8 Å². The molecule has 4 atom stereocenters. The average molecular weight is 731 g/mol. The molecule has 0 saturated heterocycles. The minimum absolute atomic E-state index is 0.0320. The summed E-state index contributed by atoms with van der Waals surface area (Å²) in [6, 6.07) is 15.3. The molecule has 1 aliphatic carbocycles. The van der Waals surface area contributed by atoms with Crippen LogP contribution >= 0.6 is 23.5 Å². The molecule has 0 amide bonds. The minimum Gasteiger partial charge on any atom is -0.468 e. The largest absolute Gasteiger partial charge is 0.468 e. The van der Waals surface area contributed by atoms with Gasteiger partial charge in [-0.25, -0.2) is 0 Å². The molecule has 0 aromatic heterocycles. The summed E-state index contributed by atoms with van der Waals surface area (Å²) in [5.74, 6) is 2.53. The lowest BCUT2D eigenvalue weighted by Crippen LogP contribution is -2.43. The number of thioether (sulfide) groups is 2. The molecule has 0 N–H and O–H groups in total. The zero-order valence-corrected chi connectivity index (χ0v) is 35.2. The van der Waals surface area contributed by atoms with Crippen molar-refractivity contribution in [2.75, 3.05) is 31.0 Å². The van der Waals surface area contributed by atoms with Crippen molar-refractivity contribution in [3.63, 3.8) is 0 Å². The van der Waals surface area contributed by atoms with Crippen LogP contribution in [0.1, 0.15) is 66.4 Å². The van der Waals surface area contributed by atoms with E-state index in [4.69, 9.17) is 13.6 Å². The number of aryl methyl sites for hydroxylation is 1. The van der Waals surface area contributed by atoms with Gasteiger partial charge >= 0.3 is 5.97 Å². The predicted molar refractivity (Wildman–Crippen MR) is 213 cm³/mol. The van der Waals surface area contributed by atoms with E-state index in [1.54, 1.807) is 23.5 Å². The first-order chi connectivity index (χ1) is 22.3. The normalized spacial score (nSPS) is 20.1. The number of carbonyl (C=O) groups is 2. The molecule has 1 saturated carbocycles. The average Bonchev–Trinajstić information content (AvgIpc) is 3.31. The second kappa shape index (κ2) is 17.7. The van der Waals surface area contributed by atoms with Crippen molar-refractivity contribution >= 4 is 62.7 Å². The highest BCUT2D eigenvalue weighted by atomic mass is 32.2. The number of Topliss-reactive ketones (excluding diaryl/α,β-unsaturated/α-hetero) is 1. The van der Waals surface area contributed by atoms with Crippen LogP contribution in [0.5, 0.6) is 0 Å². The maximum absolute atomic E-state index is 13.6. The fourth-order valence-corrected chi connectivity index (χ4v) is 10.1. The molecule has 9 heteroatoms. The van der Waals surface area contributed by atoms with Gasteiger partial charge in [-0.3, -0.25) is 9.59 Å². The van der Waals surface area contributed by atoms with E-state index >= 15 is 0 Å². The van der Waals surface area contributed by atoms with Crippen LogP contribution in [0.25, 0.3) is 10.8 Å². The predicted octanol–water partition coefficient (Wildman–Crippen LogP) is 10.3. The van der Waals surface area contributed by atoms with Gasteiger partial charge in [0.1, 0.15) is 5.78 Å². The Bertz CT molecular complexity index is 1380. The standard InChI is InChI=1S/C39H62O5S2Si2/c1-38(2,3)47(8,9)43-27-32-26-35(40)37(46-24-14-23-45-28-36(41)42-7)34(32)22-21-33(44-48(10,11)39(4,5)6)20-18-29-17-19-30-15-12-13-16-31(30)25-29/h12-13,15-17,19,21-22,25,32-34,37H,14,18,20,23-24,26-28H2,1-11H3/t32-,33?,34-,37+/m0/s1. The summed E-state index contributed by atoms with van der Waals surface area (Å²) in [6.07, 6.45) is 7.91. The Labute approximate surface area is 302 Å². The second-order valence-electron chi connectivity index (χ2n) is 16.4. The van der Waals surface area contributed by atoms with Crippen LogP contribution < -0.4 is 0 Å². The Hall–Kier alpha value is -1.37. The molecule has 1 unspecified atom stereocenters. The third-order valence-corrected chi connectivity index (χ3v) is 22.1. The fraction of sp³-hybridized carbons (Fsp3) is 0.641. The maximum Gasteiger partial charge on any atom is 0.315 e. The summed E-state index contributed by atoms with van der Waals surface area (Å²) in [7, 11) is -2.60. The van der Waals surface area contributed by atoms with Crippen LogP contribution in [-0.2, 0) is 29.6 Å². The topological polar surface area (TPSA) is 61.8 Å². The molecular weight excluding hydrogens is 669 g/mol. The van der Waals surface area contributed by atoms with Crippen LogP contribution in [0.3, 0.4) is 0 Å². The van der Waals surface area contributed by atoms with Crippen molar-refractivity contribution in [3.05, 3.63) is 60.2 Å². The highest BCUT2D eigenvalue weighted by molar-refractivity contribution is 8.01. The van der Waals surface area contributed by atoms with Crippen molar-refractivity contribution in [3.8, 4) is 0 Å². The zero-order chi connectivity index (χ0) is 35.8. The number of rotatable bonds is 17. The highest BCUT2D eigenvalue weighted by Gasteiger charge is 2.44. The molecule has 3 rings (SSSR count). The molecule has 2 aromatic rings. The Balaban J connectivity index is 1.83. The molecule has 268 valence electrons. The van der Waals surface area contributed by atoms with Gasteiger partial charge in [-0.2, -0.15) is 11.8 Å². The molecular formula is C39H62O5S2Si2. The second-order valence-corrected chi connectivity index (χ2v) is 28.3. The van der Waals surface area contributed by atoms with Crippen LogP contribution in [0, 0.1) is 11.8 Å². The SMILES string of the molecule is COC(=O)CSCCCS[C@H]1C(=O)C[C@@H](CO[Si](C)(C)C(C)(C)C)[C@@H]1C=CC(CCc1ccc2ccccc2c1)O[Si](C)(C)C(C)(C)C. The van der Waals surface area contributed by atoms with Crippen molar-refractivity contribution < 1.29 is 23.2 Å². The number of carbonyl (C=O) groups excluding carboxylic acids is 2. The van der Waals surface area contributed by atoms with Crippen molar-refractivity contribution in [1.82, 2.24) is 0 Å². The molecule has 5 nitrogen and oxygen atoms in total. The van der Waals surface area contributed by atoms with E-state index in [0.717, 1.165) is 30.8 Å². The van der Waals surface area contributed by atoms with Crippen LogP contribution in [-0.4, -0.2) is 70.7 Å². The van der Waals surface area contributed by atoms with E-state index in [0.29, 0.717) is 24.6 Å². The van der Waals surface area contributed by atoms with Crippen LogP contribution in [0.15, 0.2) is 54.6 Å². The van der Waals surface area contributed by atoms with Gasteiger partial charge in [-0.05, 0) is 89.3 Å². The molecule has 1 aliphatic rings. The molecule has 1 fully saturated rings. The Morgan fingerprint density at radius 1 is 0.958 bits per heavy atom. The van der Waals surface area contributed by atoms with Crippen molar-refractivity contribution in [2.45, 2.75) is 115 Å². The number of fused-ring (bicyclic) bond motifs is 1. The maximum atomic E-state index is 13.6. The number of ketones is 1. The zero-order valence-electron chi connectivity index (χ0n) is 31.5. The Kier molecular flexibility index (Phi) is 15.2. The van der Waals surface area contributed by atoms with Crippen LogP contribution in [0.2, 0.25) is 36.3 Å². The van der Waals surface area contributed by atoms with Gasteiger partial charge in [0.25, 0.3) is 0 Å². The van der Waals surface area contributed by atoms with Gasteiger partial charge in [-0.15, -0.1) is 11.8 Å². The number of benzene rings is 2. The first kappa shape index (κ1) is 41.1. The molecule has 0 aliphatic heterocycles. The van der Waals surface area contributed by atoms with Gasteiger partial charge < -0.3 is 13.6 Å². The lowest BCUT2D eigenvalue weighted by molar-refractivity contribution is -0.137. The fourth-order valence-electron chi connectivity index (χ4n) is 5.43. The van der Waals surface area contributed by atoms with Gasteiger partial charge in [0.05, 0.1) is 24.2 Å². The summed E-state index contributed by atoms with van der Waals surface area (Å²) < 4.78 is 18.6. The smallest absolute Gasteiger partial charge is 0.315 e. The number of methoxy groups -OCH3 is 1. The van der Waals surface area contributed by atoms with E-state index in [1.165, 1.54) is 23.4 Å². The molecule has 0 heterocycles. The number of hydrogen-bond donors (Lipinski definition) is 0. The van der Waals surface area contributed by atoms with E-state index in [2.05, 4.69) is 122 Å². The minimum atomic E-state index is -2.06. The number of hydrogen-bond acceptors (Lipinski definition) is 7. The van der Waals surface area contributed by atoms with E-state index in [9.17, 15) is 9.59 Å². The van der Waals surface area contributed by atoms with Gasteiger partial charge in [0, 0.05) is 18.9 Å². The molecule has 0 radical (unpaired) electrons. The number of esters is 1. The van der Waals surface area contributed by atoms with Gasteiger partial charge in [0.15, 0.2) is 16.6 Å². The van der Waals surface area contributed by atoms with Crippen LogP contribution in [0.4, 0.5) is 0 Å².